The highest BCUT2D eigenvalue weighted by molar-refractivity contribution is 7.87. The molecule has 2 aliphatic rings. The van der Waals surface area contributed by atoms with Crippen LogP contribution in [0.1, 0.15) is 26.2 Å². The van der Waals surface area contributed by atoms with Crippen LogP contribution in [0, 0.1) is 5.92 Å². The largest absolute Gasteiger partial charge is 0.387 e. The molecule has 0 aromatic rings. The third-order valence-electron chi connectivity index (χ3n) is 3.11. The van der Waals surface area contributed by atoms with Gasteiger partial charge in [0.2, 0.25) is 0 Å². The van der Waals surface area contributed by atoms with Crippen LogP contribution in [0.25, 0.3) is 0 Å². The van der Waals surface area contributed by atoms with E-state index in [4.69, 9.17) is 0 Å². The van der Waals surface area contributed by atoms with Crippen LogP contribution >= 0.6 is 0 Å². The van der Waals surface area contributed by atoms with Crippen molar-refractivity contribution in [1.82, 2.24) is 9.03 Å². The molecule has 1 saturated carbocycles. The van der Waals surface area contributed by atoms with E-state index in [2.05, 4.69) is 4.72 Å². The van der Waals surface area contributed by atoms with E-state index in [1.54, 1.807) is 0 Å². The Morgan fingerprint density at radius 3 is 2.53 bits per heavy atom. The van der Waals surface area contributed by atoms with Crippen LogP contribution in [0.5, 0.6) is 0 Å². The van der Waals surface area contributed by atoms with Gasteiger partial charge in [0.1, 0.15) is 0 Å². The van der Waals surface area contributed by atoms with Gasteiger partial charge in [0.15, 0.2) is 0 Å². The van der Waals surface area contributed by atoms with Gasteiger partial charge in [-0.15, -0.1) is 0 Å². The van der Waals surface area contributed by atoms with E-state index in [0.717, 1.165) is 19.3 Å². The fourth-order valence-electron chi connectivity index (χ4n) is 1.94. The molecule has 0 bridgehead atoms. The molecule has 1 saturated heterocycles. The zero-order valence-electron chi connectivity index (χ0n) is 8.94. The van der Waals surface area contributed by atoms with Gasteiger partial charge in [-0.3, -0.25) is 0 Å². The summed E-state index contributed by atoms with van der Waals surface area (Å²) in [5.41, 5.74) is -0.735. The van der Waals surface area contributed by atoms with Crippen molar-refractivity contribution in [2.75, 3.05) is 19.6 Å². The molecular weight excluding hydrogens is 216 g/mol. The van der Waals surface area contributed by atoms with Crippen LogP contribution < -0.4 is 4.72 Å². The van der Waals surface area contributed by atoms with Gasteiger partial charge in [-0.05, 0) is 25.2 Å². The second kappa shape index (κ2) is 3.69. The van der Waals surface area contributed by atoms with Gasteiger partial charge in [-0.2, -0.15) is 12.7 Å². The molecule has 2 rings (SSSR count). The van der Waals surface area contributed by atoms with E-state index < -0.39 is 15.8 Å². The number of nitrogens with zero attached hydrogens (tertiary/aromatic N) is 1. The lowest BCUT2D eigenvalue weighted by atomic mass is 9.91. The van der Waals surface area contributed by atoms with Gasteiger partial charge in [0.05, 0.1) is 5.60 Å². The number of β-amino-alcohol motifs (C(OH)–C–C–N with tert-alkyl or cyclic N) is 1. The van der Waals surface area contributed by atoms with Gasteiger partial charge in [0.25, 0.3) is 10.2 Å². The summed E-state index contributed by atoms with van der Waals surface area (Å²) in [5.74, 6) is 0.329. The van der Waals surface area contributed by atoms with Crippen LogP contribution in [0.3, 0.4) is 0 Å². The maximum Gasteiger partial charge on any atom is 0.279 e. The maximum atomic E-state index is 11.6. The molecule has 1 aliphatic heterocycles. The lowest BCUT2D eigenvalue weighted by Crippen LogP contribution is -2.66. The molecule has 1 aliphatic carbocycles. The molecule has 5 nitrogen and oxygen atoms in total. The number of aliphatic hydroxyl groups is 1. The first kappa shape index (κ1) is 11.3. The highest BCUT2D eigenvalue weighted by Crippen LogP contribution is 2.44. The SMILES string of the molecule is CCCNS(=O)(=O)N1CC(O)(C2CC2)C1. The molecule has 0 spiro atoms. The molecule has 15 heavy (non-hydrogen) atoms. The lowest BCUT2D eigenvalue weighted by molar-refractivity contribution is -0.0769. The highest BCUT2D eigenvalue weighted by atomic mass is 32.2. The van der Waals surface area contributed by atoms with Gasteiger partial charge < -0.3 is 5.11 Å². The van der Waals surface area contributed by atoms with Crippen molar-refractivity contribution in [3.8, 4) is 0 Å². The predicted octanol–water partition coefficient (Wildman–Crippen LogP) is -0.313. The van der Waals surface area contributed by atoms with E-state index in [1.807, 2.05) is 6.92 Å². The second-order valence-corrected chi connectivity index (χ2v) is 6.30. The lowest BCUT2D eigenvalue weighted by Gasteiger charge is -2.45. The molecule has 88 valence electrons. The van der Waals surface area contributed by atoms with Crippen LogP contribution in [-0.2, 0) is 10.2 Å². The van der Waals surface area contributed by atoms with E-state index >= 15 is 0 Å². The summed E-state index contributed by atoms with van der Waals surface area (Å²) < 4.78 is 27.0. The first-order valence-electron chi connectivity index (χ1n) is 5.45. The molecule has 0 atom stereocenters. The average molecular weight is 234 g/mol. The Kier molecular flexibility index (Phi) is 2.79. The predicted molar refractivity (Wildman–Crippen MR) is 56.5 cm³/mol. The maximum absolute atomic E-state index is 11.6. The molecule has 2 N–H and O–H groups in total. The molecule has 1 heterocycles. The standard InChI is InChI=1S/C9H18N2O3S/c1-2-5-10-15(13,14)11-6-9(12,7-11)8-3-4-8/h8,10,12H,2-7H2,1H3. The Balaban J connectivity index is 1.87. The van der Waals surface area contributed by atoms with Crippen molar-refractivity contribution >= 4 is 10.2 Å². The summed E-state index contributed by atoms with van der Waals surface area (Å²) in [7, 11) is -3.34. The van der Waals surface area contributed by atoms with E-state index in [-0.39, 0.29) is 13.1 Å². The van der Waals surface area contributed by atoms with E-state index in [0.29, 0.717) is 12.5 Å². The summed E-state index contributed by atoms with van der Waals surface area (Å²) in [6, 6.07) is 0. The van der Waals surface area contributed by atoms with Gasteiger partial charge in [-0.25, -0.2) is 4.72 Å². The van der Waals surface area contributed by atoms with Crippen molar-refractivity contribution in [1.29, 1.82) is 0 Å². The number of hydrogen-bond donors (Lipinski definition) is 2. The monoisotopic (exact) mass is 234 g/mol. The Morgan fingerprint density at radius 2 is 2.07 bits per heavy atom. The number of rotatable bonds is 5. The fourth-order valence-corrected chi connectivity index (χ4v) is 3.37. The normalized spacial score (nSPS) is 26.3. The van der Waals surface area contributed by atoms with Crippen molar-refractivity contribution in [3.05, 3.63) is 0 Å². The third-order valence-corrected chi connectivity index (χ3v) is 4.62. The minimum Gasteiger partial charge on any atom is -0.387 e. The molecule has 2 fully saturated rings. The van der Waals surface area contributed by atoms with Gasteiger partial charge in [-0.1, -0.05) is 6.92 Å². The van der Waals surface area contributed by atoms with E-state index in [1.165, 1.54) is 4.31 Å². The smallest absolute Gasteiger partial charge is 0.279 e. The average Bonchev–Trinajstić information content (AvgIpc) is 2.92. The van der Waals surface area contributed by atoms with Crippen LogP contribution in [-0.4, -0.2) is 43.1 Å². The topological polar surface area (TPSA) is 69.6 Å². The summed E-state index contributed by atoms with van der Waals surface area (Å²) >= 11 is 0. The van der Waals surface area contributed by atoms with Crippen LogP contribution in [0.4, 0.5) is 0 Å². The quantitative estimate of drug-likeness (QED) is 0.685. The Bertz CT molecular complexity index is 331. The summed E-state index contributed by atoms with van der Waals surface area (Å²) in [6.45, 7) is 2.90. The Morgan fingerprint density at radius 1 is 1.47 bits per heavy atom. The van der Waals surface area contributed by atoms with Crippen molar-refractivity contribution in [2.24, 2.45) is 5.92 Å². The molecular formula is C9H18N2O3S. The van der Waals surface area contributed by atoms with Gasteiger partial charge >= 0.3 is 0 Å². The molecule has 0 aromatic heterocycles. The highest BCUT2D eigenvalue weighted by Gasteiger charge is 2.55. The van der Waals surface area contributed by atoms with E-state index in [9.17, 15) is 13.5 Å². The minimum absolute atomic E-state index is 0.261. The summed E-state index contributed by atoms with van der Waals surface area (Å²) in [6.07, 6.45) is 2.85. The van der Waals surface area contributed by atoms with Crippen molar-refractivity contribution < 1.29 is 13.5 Å². The first-order valence-corrected chi connectivity index (χ1v) is 6.89. The molecule has 0 amide bonds. The molecule has 6 heteroatoms. The minimum atomic E-state index is -3.34. The second-order valence-electron chi connectivity index (χ2n) is 4.55. The van der Waals surface area contributed by atoms with Gasteiger partial charge in [0, 0.05) is 19.6 Å². The zero-order chi connectivity index (χ0) is 11.1. The molecule has 0 unspecified atom stereocenters. The zero-order valence-corrected chi connectivity index (χ0v) is 9.76. The Labute approximate surface area is 90.6 Å². The Hall–Kier alpha value is -0.170. The van der Waals surface area contributed by atoms with Crippen molar-refractivity contribution in [3.63, 3.8) is 0 Å². The third kappa shape index (κ3) is 2.18. The number of hydrogen-bond acceptors (Lipinski definition) is 3. The van der Waals surface area contributed by atoms with Crippen molar-refractivity contribution in [2.45, 2.75) is 31.8 Å². The fraction of sp³-hybridized carbons (Fsp3) is 1.00. The molecule has 0 radical (unpaired) electrons. The molecule has 0 aromatic carbocycles. The van der Waals surface area contributed by atoms with Crippen LogP contribution in [0.15, 0.2) is 0 Å². The number of nitrogens with one attached hydrogen (secondary N) is 1. The first-order chi connectivity index (χ1) is 6.98. The summed E-state index contributed by atoms with van der Waals surface area (Å²) in [4.78, 5) is 0. The van der Waals surface area contributed by atoms with Crippen LogP contribution in [0.2, 0.25) is 0 Å². The summed E-state index contributed by atoms with van der Waals surface area (Å²) in [5, 5.41) is 9.98.